The molecule has 0 saturated carbocycles. The Kier molecular flexibility index (Phi) is 10.1. The largest absolute Gasteiger partial charge is 0.497 e. The van der Waals surface area contributed by atoms with Crippen LogP contribution in [0.2, 0.25) is 0 Å². The molecule has 11 nitrogen and oxygen atoms in total. The van der Waals surface area contributed by atoms with Crippen LogP contribution in [0.5, 0.6) is 17.2 Å². The van der Waals surface area contributed by atoms with Gasteiger partial charge in [-0.3, -0.25) is 13.8 Å². The van der Waals surface area contributed by atoms with Gasteiger partial charge in [-0.05, 0) is 89.6 Å². The van der Waals surface area contributed by atoms with E-state index in [1.165, 1.54) is 69.9 Å². The van der Waals surface area contributed by atoms with Gasteiger partial charge in [0.2, 0.25) is 5.91 Å². The highest BCUT2D eigenvalue weighted by Crippen LogP contribution is 2.32. The van der Waals surface area contributed by atoms with Crippen molar-refractivity contribution in [3.63, 3.8) is 0 Å². The first-order valence-electron chi connectivity index (χ1n) is 13.0. The van der Waals surface area contributed by atoms with Crippen LogP contribution in [0.25, 0.3) is 0 Å². The van der Waals surface area contributed by atoms with Gasteiger partial charge in [-0.15, -0.1) is 0 Å². The van der Waals surface area contributed by atoms with Crippen molar-refractivity contribution in [1.82, 2.24) is 0 Å². The van der Waals surface area contributed by atoms with E-state index in [1.54, 1.807) is 36.4 Å². The summed E-state index contributed by atoms with van der Waals surface area (Å²) in [7, 11) is -3.88. The molecule has 0 aliphatic heterocycles. The summed E-state index contributed by atoms with van der Waals surface area (Å²) in [4.78, 5) is 13.0. The van der Waals surface area contributed by atoms with Gasteiger partial charge in [0.05, 0.1) is 47.0 Å². The van der Waals surface area contributed by atoms with Crippen LogP contribution < -0.4 is 28.6 Å². The van der Waals surface area contributed by atoms with Crippen molar-refractivity contribution in [2.24, 2.45) is 0 Å². The predicted octanol–water partition coefficient (Wildman–Crippen LogP) is 5.42. The van der Waals surface area contributed by atoms with Crippen molar-refractivity contribution in [2.45, 2.75) is 16.7 Å². The molecule has 0 aromatic heterocycles. The monoisotopic (exact) mass is 703 g/mol. The fourth-order valence-corrected chi connectivity index (χ4v) is 7.31. The second-order valence-electron chi connectivity index (χ2n) is 9.39. The minimum atomic E-state index is -4.19. The average molecular weight is 705 g/mol. The van der Waals surface area contributed by atoms with Gasteiger partial charge < -0.3 is 19.5 Å². The van der Waals surface area contributed by atoms with Crippen LogP contribution in [-0.2, 0) is 24.8 Å². The maximum atomic E-state index is 13.7. The molecule has 0 fully saturated rings. The topological polar surface area (TPSA) is 140 Å². The molecular weight excluding hydrogens is 674 g/mol. The van der Waals surface area contributed by atoms with Gasteiger partial charge in [-0.1, -0.05) is 17.7 Å². The number of nitrogens with zero attached hydrogens (tertiary/aromatic N) is 1. The van der Waals surface area contributed by atoms with Gasteiger partial charge in [0.15, 0.2) is 0 Å². The molecule has 0 spiro atoms. The van der Waals surface area contributed by atoms with E-state index >= 15 is 0 Å². The Labute approximate surface area is 265 Å². The van der Waals surface area contributed by atoms with Crippen LogP contribution in [-0.4, -0.2) is 50.6 Å². The summed E-state index contributed by atoms with van der Waals surface area (Å²) in [5, 5.41) is 2.64. The second kappa shape index (κ2) is 13.6. The fourth-order valence-electron chi connectivity index (χ4n) is 4.11. The number of rotatable bonds is 12. The Hall–Kier alpha value is -4.27. The lowest BCUT2D eigenvalue weighted by atomic mass is 10.2. The molecule has 2 N–H and O–H groups in total. The number of anilines is 3. The van der Waals surface area contributed by atoms with Gasteiger partial charge in [0, 0.05) is 11.8 Å². The molecule has 0 bridgehead atoms. The summed E-state index contributed by atoms with van der Waals surface area (Å²) in [6.07, 6.45) is 0. The highest BCUT2D eigenvalue weighted by atomic mass is 79.9. The molecule has 0 atom stereocenters. The third-order valence-corrected chi connectivity index (χ3v) is 10.2. The molecule has 44 heavy (non-hydrogen) atoms. The van der Waals surface area contributed by atoms with Crippen LogP contribution in [0.1, 0.15) is 5.56 Å². The molecule has 4 aromatic rings. The highest BCUT2D eigenvalue weighted by molar-refractivity contribution is 9.10. The fraction of sp³-hybridized carbons (Fsp3) is 0.167. The minimum Gasteiger partial charge on any atom is -0.497 e. The summed E-state index contributed by atoms with van der Waals surface area (Å²) in [6.45, 7) is 1.31. The third-order valence-electron chi connectivity index (χ3n) is 6.42. The molecule has 0 aliphatic rings. The number of sulfonamides is 2. The molecule has 232 valence electrons. The molecule has 0 saturated heterocycles. The Morgan fingerprint density at radius 3 is 1.98 bits per heavy atom. The van der Waals surface area contributed by atoms with E-state index in [0.717, 1.165) is 9.87 Å². The summed E-state index contributed by atoms with van der Waals surface area (Å²) in [5.41, 5.74) is 1.65. The van der Waals surface area contributed by atoms with Crippen LogP contribution >= 0.6 is 15.9 Å². The van der Waals surface area contributed by atoms with Crippen molar-refractivity contribution in [1.29, 1.82) is 0 Å². The van der Waals surface area contributed by atoms with E-state index in [9.17, 15) is 21.6 Å². The Bertz CT molecular complexity index is 1870. The van der Waals surface area contributed by atoms with Crippen LogP contribution in [0, 0.1) is 6.92 Å². The number of benzene rings is 4. The molecule has 0 radical (unpaired) electrons. The lowest BCUT2D eigenvalue weighted by molar-refractivity contribution is -0.114. The Morgan fingerprint density at radius 1 is 0.773 bits per heavy atom. The molecule has 4 aromatic carbocycles. The normalized spacial score (nSPS) is 11.4. The van der Waals surface area contributed by atoms with E-state index in [-0.39, 0.29) is 26.9 Å². The maximum Gasteiger partial charge on any atom is 0.264 e. The lowest BCUT2D eigenvalue weighted by Crippen LogP contribution is -2.38. The van der Waals surface area contributed by atoms with E-state index in [2.05, 4.69) is 26.0 Å². The lowest BCUT2D eigenvalue weighted by Gasteiger charge is -2.24. The number of aryl methyl sites for hydroxylation is 1. The zero-order valence-corrected chi connectivity index (χ0v) is 27.4. The van der Waals surface area contributed by atoms with Gasteiger partial charge in [0.1, 0.15) is 23.8 Å². The van der Waals surface area contributed by atoms with Crippen LogP contribution in [0.4, 0.5) is 17.1 Å². The number of ether oxygens (including phenoxy) is 3. The molecule has 14 heteroatoms. The van der Waals surface area contributed by atoms with Crippen molar-refractivity contribution < 1.29 is 35.8 Å². The number of halogens is 1. The number of hydrogen-bond acceptors (Lipinski definition) is 8. The van der Waals surface area contributed by atoms with Crippen molar-refractivity contribution in [3.05, 3.63) is 95.0 Å². The van der Waals surface area contributed by atoms with Gasteiger partial charge in [-0.2, -0.15) is 0 Å². The first-order chi connectivity index (χ1) is 20.9. The van der Waals surface area contributed by atoms with Crippen LogP contribution in [0.3, 0.4) is 0 Å². The zero-order chi connectivity index (χ0) is 32.1. The molecule has 0 aliphatic carbocycles. The molecule has 1 amide bonds. The molecule has 4 rings (SSSR count). The van der Waals surface area contributed by atoms with Crippen molar-refractivity contribution in [2.75, 3.05) is 42.2 Å². The van der Waals surface area contributed by atoms with Crippen molar-refractivity contribution in [3.8, 4) is 17.2 Å². The third kappa shape index (κ3) is 7.44. The second-order valence-corrected chi connectivity index (χ2v) is 13.8. The standard InChI is InChI=1S/C30H30BrN3O8S2/c1-20-5-9-22(10-6-20)34(44(38,39)25-14-16-28(41-3)26(31)18-25)19-30(35)32-21-7-12-24(13-8-21)43(36,37)33-27-17-23(40-2)11-15-29(27)42-4/h5-18,33H,19H2,1-4H3,(H,32,35). The number of amides is 1. The quantitative estimate of drug-likeness (QED) is 0.199. The van der Waals surface area contributed by atoms with Crippen LogP contribution in [0.15, 0.2) is 99.2 Å². The van der Waals surface area contributed by atoms with E-state index in [0.29, 0.717) is 21.7 Å². The number of hydrogen-bond donors (Lipinski definition) is 2. The van der Waals surface area contributed by atoms with E-state index < -0.39 is 32.5 Å². The minimum absolute atomic E-state index is 0.0479. The van der Waals surface area contributed by atoms with Gasteiger partial charge in [-0.25, -0.2) is 16.8 Å². The highest BCUT2D eigenvalue weighted by Gasteiger charge is 2.28. The summed E-state index contributed by atoms with van der Waals surface area (Å²) < 4.78 is 73.1. The van der Waals surface area contributed by atoms with Gasteiger partial charge >= 0.3 is 0 Å². The maximum absolute atomic E-state index is 13.7. The predicted molar refractivity (Wildman–Crippen MR) is 172 cm³/mol. The van der Waals surface area contributed by atoms with E-state index in [1.807, 2.05) is 6.92 Å². The molecule has 0 unspecified atom stereocenters. The SMILES string of the molecule is COc1ccc(OC)c(NS(=O)(=O)c2ccc(NC(=O)CN(c3ccc(C)cc3)S(=O)(=O)c3ccc(OC)c(Br)c3)cc2)c1. The number of carbonyl (C=O) groups excluding carboxylic acids is 1. The smallest absolute Gasteiger partial charge is 0.264 e. The number of carbonyl (C=O) groups is 1. The first-order valence-corrected chi connectivity index (χ1v) is 16.7. The summed E-state index contributed by atoms with van der Waals surface area (Å²) >= 11 is 3.32. The zero-order valence-electron chi connectivity index (χ0n) is 24.2. The van der Waals surface area contributed by atoms with Crippen molar-refractivity contribution >= 4 is 58.9 Å². The Balaban J connectivity index is 1.55. The average Bonchev–Trinajstić information content (AvgIpc) is 3.00. The molecule has 0 heterocycles. The van der Waals surface area contributed by atoms with Gasteiger partial charge in [0.25, 0.3) is 20.0 Å². The first kappa shape index (κ1) is 32.6. The Morgan fingerprint density at radius 2 is 1.39 bits per heavy atom. The summed E-state index contributed by atoms with van der Waals surface area (Å²) in [5.74, 6) is 0.541. The van der Waals surface area contributed by atoms with E-state index in [4.69, 9.17) is 14.2 Å². The number of methoxy groups -OCH3 is 3. The molecular formula is C30H30BrN3O8S2. The number of nitrogens with one attached hydrogen (secondary N) is 2. The summed E-state index contributed by atoms with van der Waals surface area (Å²) in [6, 6.07) is 21.2.